The maximum absolute atomic E-state index is 9.75. The van der Waals surface area contributed by atoms with E-state index in [4.69, 9.17) is 0 Å². The molecule has 27 heavy (non-hydrogen) atoms. The third kappa shape index (κ3) is 7.67. The summed E-state index contributed by atoms with van der Waals surface area (Å²) in [5, 5.41) is 28.4. The highest BCUT2D eigenvalue weighted by molar-refractivity contribution is 5.70. The van der Waals surface area contributed by atoms with Crippen molar-refractivity contribution in [2.45, 2.75) is 64.8 Å². The lowest BCUT2D eigenvalue weighted by Crippen LogP contribution is -2.17. The van der Waals surface area contributed by atoms with E-state index >= 15 is 0 Å². The Bertz CT molecular complexity index is 742. The topological polar surface area (TPSA) is 60.7 Å². The molecule has 2 aromatic carbocycles. The summed E-state index contributed by atoms with van der Waals surface area (Å²) >= 11 is 0. The van der Waals surface area contributed by atoms with Gasteiger partial charge in [0.1, 0.15) is 0 Å². The van der Waals surface area contributed by atoms with E-state index in [9.17, 15) is 15.3 Å². The largest absolute Gasteiger partial charge is 0.392 e. The van der Waals surface area contributed by atoms with E-state index < -0.39 is 5.60 Å². The molecule has 0 saturated heterocycles. The Hall–Kier alpha value is -1.94. The molecule has 0 bridgehead atoms. The summed E-state index contributed by atoms with van der Waals surface area (Å²) in [6, 6.07) is 14.3. The van der Waals surface area contributed by atoms with Gasteiger partial charge in [0.25, 0.3) is 0 Å². The van der Waals surface area contributed by atoms with E-state index in [-0.39, 0.29) is 13.2 Å². The number of rotatable bonds is 10. The molecule has 0 unspecified atom stereocenters. The molecule has 0 saturated carbocycles. The monoisotopic (exact) mass is 368 g/mol. The number of aryl methyl sites for hydroxylation is 1. The first-order chi connectivity index (χ1) is 12.9. The first-order valence-corrected chi connectivity index (χ1v) is 9.74. The van der Waals surface area contributed by atoms with Gasteiger partial charge in [0.05, 0.1) is 18.8 Å². The number of hydrogen-bond acceptors (Lipinski definition) is 3. The zero-order valence-corrected chi connectivity index (χ0v) is 16.5. The summed E-state index contributed by atoms with van der Waals surface area (Å²) in [6.07, 6.45) is 9.32. The van der Waals surface area contributed by atoms with Crippen LogP contribution in [0.15, 0.2) is 42.5 Å². The fourth-order valence-electron chi connectivity index (χ4n) is 3.16. The van der Waals surface area contributed by atoms with Crippen molar-refractivity contribution in [2.24, 2.45) is 0 Å². The van der Waals surface area contributed by atoms with E-state index in [1.165, 1.54) is 5.56 Å². The van der Waals surface area contributed by atoms with Gasteiger partial charge in [0, 0.05) is 0 Å². The van der Waals surface area contributed by atoms with E-state index in [2.05, 4.69) is 30.3 Å². The average Bonchev–Trinajstić information content (AvgIpc) is 2.65. The summed E-state index contributed by atoms with van der Waals surface area (Å²) < 4.78 is 0. The van der Waals surface area contributed by atoms with Gasteiger partial charge in [-0.1, -0.05) is 61.4 Å². The van der Waals surface area contributed by atoms with E-state index in [1.807, 2.05) is 38.1 Å². The first-order valence-electron chi connectivity index (χ1n) is 9.74. The van der Waals surface area contributed by atoms with E-state index in [1.54, 1.807) is 0 Å². The molecule has 2 aromatic rings. The van der Waals surface area contributed by atoms with Crippen molar-refractivity contribution in [3.05, 3.63) is 70.3 Å². The third-order valence-corrected chi connectivity index (χ3v) is 4.74. The smallest absolute Gasteiger partial charge is 0.0685 e. The number of aliphatic hydroxyl groups is 3. The van der Waals surface area contributed by atoms with Crippen molar-refractivity contribution in [1.29, 1.82) is 0 Å². The van der Waals surface area contributed by atoms with Crippen LogP contribution in [0.4, 0.5) is 0 Å². The van der Waals surface area contributed by atoms with Gasteiger partial charge >= 0.3 is 0 Å². The Morgan fingerprint density at radius 3 is 2.19 bits per heavy atom. The van der Waals surface area contributed by atoms with E-state index in [0.29, 0.717) is 0 Å². The molecule has 0 amide bonds. The molecule has 3 nitrogen and oxygen atoms in total. The number of aliphatic hydroxyl groups excluding tert-OH is 2. The van der Waals surface area contributed by atoms with E-state index in [0.717, 1.165) is 54.4 Å². The van der Waals surface area contributed by atoms with Crippen molar-refractivity contribution >= 4 is 12.2 Å². The predicted molar refractivity (Wildman–Crippen MR) is 112 cm³/mol. The quantitative estimate of drug-likeness (QED) is 0.420. The minimum absolute atomic E-state index is 0.0578. The van der Waals surface area contributed by atoms with Crippen molar-refractivity contribution in [1.82, 2.24) is 0 Å². The summed E-state index contributed by atoms with van der Waals surface area (Å²) in [5.41, 5.74) is 4.46. The van der Waals surface area contributed by atoms with Crippen LogP contribution in [0.2, 0.25) is 0 Å². The van der Waals surface area contributed by atoms with Gasteiger partial charge in [-0.15, -0.1) is 0 Å². The summed E-state index contributed by atoms with van der Waals surface area (Å²) in [5.74, 6) is 0. The zero-order valence-electron chi connectivity index (χ0n) is 16.5. The van der Waals surface area contributed by atoms with Crippen LogP contribution in [0.1, 0.15) is 67.3 Å². The van der Waals surface area contributed by atoms with Crippen molar-refractivity contribution in [3.8, 4) is 0 Å². The Labute approximate surface area is 163 Å². The van der Waals surface area contributed by atoms with Crippen molar-refractivity contribution in [3.63, 3.8) is 0 Å². The SMILES string of the molecule is CC(C)(O)CCCCCc1cccc(/C=C/c2ccc(CO)c(CO)c2)c1. The zero-order chi connectivity index (χ0) is 19.7. The molecule has 0 aliphatic heterocycles. The number of benzene rings is 2. The van der Waals surface area contributed by atoms with Crippen LogP contribution in [0, 0.1) is 0 Å². The number of unbranched alkanes of at least 4 members (excludes halogenated alkanes) is 2. The van der Waals surface area contributed by atoms with Gasteiger partial charge in [-0.2, -0.15) is 0 Å². The number of hydrogen-bond donors (Lipinski definition) is 3. The standard InChI is InChI=1S/C24H32O3/c1-24(2,27)14-5-3-4-7-19-8-6-9-20(15-19)10-11-21-12-13-22(17-25)23(16-21)18-26/h6,8-13,15-16,25-27H,3-5,7,14,17-18H2,1-2H3/b11-10+. The molecule has 0 aromatic heterocycles. The van der Waals surface area contributed by atoms with Gasteiger partial charge in [-0.3, -0.25) is 0 Å². The second kappa shape index (κ2) is 10.4. The highest BCUT2D eigenvalue weighted by atomic mass is 16.3. The lowest BCUT2D eigenvalue weighted by molar-refractivity contribution is 0.0681. The second-order valence-electron chi connectivity index (χ2n) is 7.80. The highest BCUT2D eigenvalue weighted by Crippen LogP contribution is 2.18. The molecule has 0 spiro atoms. The fourth-order valence-corrected chi connectivity index (χ4v) is 3.16. The molecule has 0 fully saturated rings. The third-order valence-electron chi connectivity index (χ3n) is 4.74. The molecule has 3 heteroatoms. The molecular weight excluding hydrogens is 336 g/mol. The molecule has 0 aliphatic rings. The first kappa shape index (κ1) is 21.4. The Balaban J connectivity index is 1.92. The molecule has 0 aliphatic carbocycles. The second-order valence-corrected chi connectivity index (χ2v) is 7.80. The molecule has 0 atom stereocenters. The molecule has 3 N–H and O–H groups in total. The maximum atomic E-state index is 9.75. The molecule has 2 rings (SSSR count). The van der Waals surface area contributed by atoms with Crippen LogP contribution in [0.3, 0.4) is 0 Å². The van der Waals surface area contributed by atoms with Crippen molar-refractivity contribution in [2.75, 3.05) is 0 Å². The molecule has 146 valence electrons. The van der Waals surface area contributed by atoms with Crippen LogP contribution in [-0.2, 0) is 19.6 Å². The summed E-state index contributed by atoms with van der Waals surface area (Å²) in [6.45, 7) is 3.60. The van der Waals surface area contributed by atoms with Gasteiger partial charge in [0.15, 0.2) is 0 Å². The predicted octanol–water partition coefficient (Wildman–Crippen LogP) is 4.72. The van der Waals surface area contributed by atoms with Gasteiger partial charge in [0.2, 0.25) is 0 Å². The molecule has 0 radical (unpaired) electrons. The van der Waals surface area contributed by atoms with Crippen LogP contribution in [0.25, 0.3) is 12.2 Å². The maximum Gasteiger partial charge on any atom is 0.0685 e. The minimum Gasteiger partial charge on any atom is -0.392 e. The molecule has 0 heterocycles. The van der Waals surface area contributed by atoms with Crippen molar-refractivity contribution < 1.29 is 15.3 Å². The fraction of sp³-hybridized carbons (Fsp3) is 0.417. The Morgan fingerprint density at radius 2 is 1.52 bits per heavy atom. The van der Waals surface area contributed by atoms with Gasteiger partial charge < -0.3 is 15.3 Å². The lowest BCUT2D eigenvalue weighted by atomic mass is 9.98. The Morgan fingerprint density at radius 1 is 0.815 bits per heavy atom. The van der Waals surface area contributed by atoms with Gasteiger partial charge in [-0.25, -0.2) is 0 Å². The van der Waals surface area contributed by atoms with Crippen LogP contribution < -0.4 is 0 Å². The Kier molecular flexibility index (Phi) is 8.23. The minimum atomic E-state index is -0.560. The van der Waals surface area contributed by atoms with Crippen LogP contribution in [0.5, 0.6) is 0 Å². The lowest BCUT2D eigenvalue weighted by Gasteiger charge is -2.16. The molecular formula is C24H32O3. The normalized spacial score (nSPS) is 12.0. The summed E-state index contributed by atoms with van der Waals surface area (Å²) in [7, 11) is 0. The van der Waals surface area contributed by atoms with Crippen LogP contribution in [-0.4, -0.2) is 20.9 Å². The summed E-state index contributed by atoms with van der Waals surface area (Å²) in [4.78, 5) is 0. The average molecular weight is 369 g/mol. The van der Waals surface area contributed by atoms with Gasteiger partial charge in [-0.05, 0) is 67.0 Å². The van der Waals surface area contributed by atoms with Crippen LogP contribution >= 0.6 is 0 Å². The highest BCUT2D eigenvalue weighted by Gasteiger charge is 2.10.